The van der Waals surface area contributed by atoms with Gasteiger partial charge in [-0.2, -0.15) is 0 Å². The van der Waals surface area contributed by atoms with Gasteiger partial charge < -0.3 is 25.3 Å². The van der Waals surface area contributed by atoms with E-state index in [9.17, 15) is 0 Å². The molecule has 7 nitrogen and oxygen atoms in total. The van der Waals surface area contributed by atoms with Crippen LogP contribution in [0.15, 0.2) is 53.8 Å². The molecule has 2 aromatic heterocycles. The van der Waals surface area contributed by atoms with Crippen LogP contribution in [-0.2, 0) is 17.7 Å². The first-order valence-corrected chi connectivity index (χ1v) is 10.5. The van der Waals surface area contributed by atoms with Crippen LogP contribution in [0.5, 0.6) is 0 Å². The van der Waals surface area contributed by atoms with Crippen LogP contribution in [0.2, 0.25) is 0 Å². The van der Waals surface area contributed by atoms with E-state index in [4.69, 9.17) is 4.74 Å². The van der Waals surface area contributed by atoms with Crippen LogP contribution in [0, 0.1) is 0 Å². The first-order valence-electron chi connectivity index (χ1n) is 10.5. The summed E-state index contributed by atoms with van der Waals surface area (Å²) in [6, 6.07) is 12.6. The minimum Gasteiger partial charge on any atom is -0.375 e. The van der Waals surface area contributed by atoms with Crippen LogP contribution < -0.4 is 15.5 Å². The van der Waals surface area contributed by atoms with Crippen molar-refractivity contribution in [1.29, 1.82) is 0 Å². The quantitative estimate of drug-likeness (QED) is 0.257. The Hall–Kier alpha value is -2.33. The molecular weight excluding hydrogens is 503 g/mol. The molecule has 1 unspecified atom stereocenters. The average Bonchev–Trinajstić information content (AvgIpc) is 3.19. The lowest BCUT2D eigenvalue weighted by molar-refractivity contribution is 0.0529. The number of nitrogens with zero attached hydrogens (tertiary/aromatic N) is 3. The minimum atomic E-state index is 0. The van der Waals surface area contributed by atoms with Crippen LogP contribution in [0.4, 0.5) is 5.82 Å². The van der Waals surface area contributed by atoms with Gasteiger partial charge >= 0.3 is 0 Å². The Labute approximate surface area is 200 Å². The molecule has 0 saturated carbocycles. The highest BCUT2D eigenvalue weighted by Gasteiger charge is 2.17. The molecule has 1 atom stereocenters. The molecule has 1 fully saturated rings. The third kappa shape index (κ3) is 6.10. The van der Waals surface area contributed by atoms with Gasteiger partial charge in [0.2, 0.25) is 0 Å². The summed E-state index contributed by atoms with van der Waals surface area (Å²) in [5.74, 6) is 1.80. The monoisotopic (exact) mass is 534 g/mol. The number of aromatic amines is 1. The molecule has 3 heterocycles. The third-order valence-electron chi connectivity index (χ3n) is 5.42. The number of para-hydroxylation sites is 1. The molecule has 1 aliphatic rings. The lowest BCUT2D eigenvalue weighted by Gasteiger charge is -2.32. The Balaban J connectivity index is 0.00000272. The normalized spacial score (nSPS) is 16.8. The van der Waals surface area contributed by atoms with Crippen molar-refractivity contribution in [1.82, 2.24) is 20.6 Å². The summed E-state index contributed by atoms with van der Waals surface area (Å²) in [6.45, 7) is 6.13. The van der Waals surface area contributed by atoms with Gasteiger partial charge in [0.15, 0.2) is 5.96 Å². The van der Waals surface area contributed by atoms with Crippen molar-refractivity contribution in [2.45, 2.75) is 26.0 Å². The number of anilines is 1. The van der Waals surface area contributed by atoms with Crippen molar-refractivity contribution < 1.29 is 4.74 Å². The maximum Gasteiger partial charge on any atom is 0.191 e. The molecule has 166 valence electrons. The molecule has 0 bridgehead atoms. The number of benzene rings is 1. The van der Waals surface area contributed by atoms with Gasteiger partial charge in [0.05, 0.1) is 12.7 Å². The van der Waals surface area contributed by atoms with Crippen molar-refractivity contribution in [3.63, 3.8) is 0 Å². The van der Waals surface area contributed by atoms with E-state index in [0.29, 0.717) is 6.54 Å². The Morgan fingerprint density at radius 3 is 2.90 bits per heavy atom. The van der Waals surface area contributed by atoms with E-state index in [1.54, 1.807) is 7.05 Å². The maximum atomic E-state index is 5.61. The van der Waals surface area contributed by atoms with Crippen molar-refractivity contribution in [3.05, 3.63) is 59.9 Å². The number of aromatic nitrogens is 2. The molecule has 8 heteroatoms. The highest BCUT2D eigenvalue weighted by Crippen LogP contribution is 2.18. The molecule has 0 radical (unpaired) electrons. The lowest BCUT2D eigenvalue weighted by atomic mass is 10.1. The van der Waals surface area contributed by atoms with Crippen LogP contribution >= 0.6 is 24.0 Å². The summed E-state index contributed by atoms with van der Waals surface area (Å²) < 4.78 is 5.61. The molecule has 1 aromatic carbocycles. The minimum absolute atomic E-state index is 0. The van der Waals surface area contributed by atoms with E-state index in [1.165, 1.54) is 16.5 Å². The molecule has 4 rings (SSSR count). The number of aliphatic imine (C=N–C) groups is 1. The molecule has 1 saturated heterocycles. The molecular formula is C23H31IN6O. The van der Waals surface area contributed by atoms with Gasteiger partial charge in [0.1, 0.15) is 5.82 Å². The average molecular weight is 534 g/mol. The second-order valence-corrected chi connectivity index (χ2v) is 7.61. The molecule has 3 N–H and O–H groups in total. The zero-order valence-corrected chi connectivity index (χ0v) is 20.4. The Morgan fingerprint density at radius 2 is 2.13 bits per heavy atom. The van der Waals surface area contributed by atoms with Crippen LogP contribution in [0.25, 0.3) is 10.9 Å². The predicted octanol–water partition coefficient (Wildman–Crippen LogP) is 3.31. The molecule has 1 aliphatic heterocycles. The van der Waals surface area contributed by atoms with Crippen molar-refractivity contribution in [2.24, 2.45) is 4.99 Å². The topological polar surface area (TPSA) is 77.6 Å². The lowest BCUT2D eigenvalue weighted by Crippen LogP contribution is -2.41. The fraction of sp³-hybridized carbons (Fsp3) is 0.391. The van der Waals surface area contributed by atoms with E-state index < -0.39 is 0 Å². The zero-order valence-electron chi connectivity index (χ0n) is 18.1. The number of hydrogen-bond donors (Lipinski definition) is 3. The number of rotatable bonds is 6. The largest absolute Gasteiger partial charge is 0.375 e. The summed E-state index contributed by atoms with van der Waals surface area (Å²) in [4.78, 5) is 14.6. The van der Waals surface area contributed by atoms with Gasteiger partial charge in [-0.3, -0.25) is 4.99 Å². The Kier molecular flexibility index (Phi) is 8.53. The third-order valence-corrected chi connectivity index (χ3v) is 5.42. The summed E-state index contributed by atoms with van der Waals surface area (Å²) >= 11 is 0. The van der Waals surface area contributed by atoms with Gasteiger partial charge in [-0.05, 0) is 36.6 Å². The number of guanidine groups is 1. The van der Waals surface area contributed by atoms with Gasteiger partial charge in [0, 0.05) is 56.5 Å². The number of hydrogen-bond acceptors (Lipinski definition) is 4. The van der Waals surface area contributed by atoms with Gasteiger partial charge in [-0.25, -0.2) is 4.98 Å². The smallest absolute Gasteiger partial charge is 0.191 e. The number of nitrogens with one attached hydrogen (secondary N) is 3. The van der Waals surface area contributed by atoms with Crippen LogP contribution in [0.1, 0.15) is 18.1 Å². The van der Waals surface area contributed by atoms with E-state index in [-0.39, 0.29) is 30.1 Å². The Morgan fingerprint density at radius 1 is 1.26 bits per heavy atom. The van der Waals surface area contributed by atoms with Gasteiger partial charge in [-0.1, -0.05) is 24.3 Å². The number of H-pyrrole nitrogens is 1. The molecule has 0 aliphatic carbocycles. The van der Waals surface area contributed by atoms with E-state index in [0.717, 1.165) is 50.0 Å². The number of pyridine rings is 1. The number of morpholine rings is 1. The maximum absolute atomic E-state index is 5.61. The first-order chi connectivity index (χ1) is 14.7. The van der Waals surface area contributed by atoms with Crippen molar-refractivity contribution in [2.75, 3.05) is 38.2 Å². The highest BCUT2D eigenvalue weighted by atomic mass is 127. The molecule has 3 aromatic rings. The highest BCUT2D eigenvalue weighted by molar-refractivity contribution is 14.0. The van der Waals surface area contributed by atoms with E-state index >= 15 is 0 Å². The number of ether oxygens (including phenoxy) is 1. The fourth-order valence-electron chi connectivity index (χ4n) is 3.80. The van der Waals surface area contributed by atoms with E-state index in [2.05, 4.69) is 80.0 Å². The summed E-state index contributed by atoms with van der Waals surface area (Å²) in [5, 5.41) is 8.04. The second kappa shape index (κ2) is 11.3. The zero-order chi connectivity index (χ0) is 20.8. The van der Waals surface area contributed by atoms with E-state index in [1.807, 2.05) is 6.20 Å². The molecule has 0 spiro atoms. The number of fused-ring (bicyclic) bond motifs is 1. The number of halogens is 1. The summed E-state index contributed by atoms with van der Waals surface area (Å²) in [7, 11) is 1.79. The second-order valence-electron chi connectivity index (χ2n) is 7.61. The molecule has 0 amide bonds. The van der Waals surface area contributed by atoms with Crippen molar-refractivity contribution in [3.8, 4) is 0 Å². The van der Waals surface area contributed by atoms with Gasteiger partial charge in [-0.15, -0.1) is 24.0 Å². The standard InChI is InChI=1S/C23H30N6O.HI/c1-17-16-29(11-12-30-17)22-8-7-18(13-27-22)14-28-23(24-2)25-10-9-19-15-26-21-6-4-3-5-20(19)21;/h3-8,13,15,17,26H,9-12,14,16H2,1-2H3,(H2,24,25,28);1H. The molecule has 31 heavy (non-hydrogen) atoms. The van der Waals surface area contributed by atoms with Crippen LogP contribution in [0.3, 0.4) is 0 Å². The Bertz CT molecular complexity index is 987. The predicted molar refractivity (Wildman–Crippen MR) is 137 cm³/mol. The fourth-order valence-corrected chi connectivity index (χ4v) is 3.80. The summed E-state index contributed by atoms with van der Waals surface area (Å²) in [6.07, 6.45) is 5.20. The SMILES string of the molecule is CN=C(NCCc1c[nH]c2ccccc12)NCc1ccc(N2CCOC(C)C2)nc1.I. The van der Waals surface area contributed by atoms with Crippen LogP contribution in [-0.4, -0.2) is 55.3 Å². The van der Waals surface area contributed by atoms with Gasteiger partial charge in [0.25, 0.3) is 0 Å². The summed E-state index contributed by atoms with van der Waals surface area (Å²) in [5.41, 5.74) is 3.61. The first kappa shape index (κ1) is 23.3. The van der Waals surface area contributed by atoms with Crippen molar-refractivity contribution >= 4 is 46.7 Å².